The first-order valence-electron chi connectivity index (χ1n) is 9.90. The Morgan fingerprint density at radius 1 is 0.441 bits per heavy atom. The molecule has 0 bridgehead atoms. The normalized spacial score (nSPS) is 11.7. The molecule has 6 nitrogen and oxygen atoms in total. The Balaban J connectivity index is 1.46. The Bertz CT molecular complexity index is 1390. The molecule has 0 spiro atoms. The maximum atomic E-state index is 13.0. The maximum absolute atomic E-state index is 13.0. The predicted molar refractivity (Wildman–Crippen MR) is 126 cm³/mol. The van der Waals surface area contributed by atoms with Crippen LogP contribution in [0.4, 0.5) is 20.2 Å². The molecule has 4 aromatic carbocycles. The summed E-state index contributed by atoms with van der Waals surface area (Å²) in [5.74, 6) is -1.06. The molecule has 0 saturated carbocycles. The van der Waals surface area contributed by atoms with Crippen molar-refractivity contribution in [1.29, 1.82) is 0 Å². The third-order valence-corrected chi connectivity index (χ3v) is 7.65. The number of hydrogen-bond acceptors (Lipinski definition) is 4. The molecule has 174 valence electrons. The lowest BCUT2D eigenvalue weighted by Crippen LogP contribution is -2.13. The monoisotopic (exact) mass is 500 g/mol. The van der Waals surface area contributed by atoms with Crippen LogP contribution in [0.1, 0.15) is 0 Å². The van der Waals surface area contributed by atoms with Crippen molar-refractivity contribution in [2.24, 2.45) is 0 Å². The molecule has 0 saturated heterocycles. The topological polar surface area (TPSA) is 92.3 Å². The van der Waals surface area contributed by atoms with Gasteiger partial charge < -0.3 is 0 Å². The summed E-state index contributed by atoms with van der Waals surface area (Å²) in [7, 11) is -7.72. The van der Waals surface area contributed by atoms with Crippen molar-refractivity contribution in [2.75, 3.05) is 9.44 Å². The molecule has 0 atom stereocenters. The zero-order valence-electron chi connectivity index (χ0n) is 17.4. The van der Waals surface area contributed by atoms with Crippen molar-refractivity contribution < 1.29 is 25.6 Å². The molecular weight excluding hydrogens is 482 g/mol. The first-order chi connectivity index (χ1) is 16.1. The van der Waals surface area contributed by atoms with E-state index in [0.717, 1.165) is 35.4 Å². The molecule has 34 heavy (non-hydrogen) atoms. The van der Waals surface area contributed by atoms with Gasteiger partial charge in [0.1, 0.15) is 11.6 Å². The average molecular weight is 501 g/mol. The van der Waals surface area contributed by atoms with Crippen molar-refractivity contribution in [3.05, 3.63) is 109 Å². The molecular formula is C24H18F2N2O4S2. The SMILES string of the molecule is O=S(=O)(Nc1ccc(-c2ccc(NS(=O)(=O)c3ccc(F)cc3)cc2)cc1)c1ccc(F)cc1. The van der Waals surface area contributed by atoms with Crippen molar-refractivity contribution in [3.63, 3.8) is 0 Å². The van der Waals surface area contributed by atoms with Crippen molar-refractivity contribution in [2.45, 2.75) is 9.79 Å². The number of halogens is 2. The molecule has 0 aliphatic carbocycles. The Kier molecular flexibility index (Phi) is 6.36. The van der Waals surface area contributed by atoms with Crippen LogP contribution in [0.3, 0.4) is 0 Å². The van der Waals surface area contributed by atoms with Crippen LogP contribution < -0.4 is 9.44 Å². The van der Waals surface area contributed by atoms with Gasteiger partial charge in [-0.25, -0.2) is 25.6 Å². The van der Waals surface area contributed by atoms with Crippen LogP contribution in [-0.4, -0.2) is 16.8 Å². The Morgan fingerprint density at radius 3 is 1.03 bits per heavy atom. The third kappa shape index (κ3) is 5.41. The molecule has 4 aromatic rings. The van der Waals surface area contributed by atoms with E-state index >= 15 is 0 Å². The molecule has 2 N–H and O–H groups in total. The van der Waals surface area contributed by atoms with Crippen molar-refractivity contribution in [1.82, 2.24) is 0 Å². The van der Waals surface area contributed by atoms with E-state index in [1.165, 1.54) is 24.3 Å². The molecule has 0 radical (unpaired) electrons. The Morgan fingerprint density at radius 2 is 0.735 bits per heavy atom. The van der Waals surface area contributed by atoms with Crippen LogP contribution in [0, 0.1) is 11.6 Å². The van der Waals surface area contributed by atoms with E-state index in [1.54, 1.807) is 48.5 Å². The van der Waals surface area contributed by atoms with Crippen molar-refractivity contribution in [3.8, 4) is 11.1 Å². The number of rotatable bonds is 7. The first kappa shape index (κ1) is 23.4. The largest absolute Gasteiger partial charge is 0.280 e. The highest BCUT2D eigenvalue weighted by Crippen LogP contribution is 2.25. The van der Waals surface area contributed by atoms with E-state index in [4.69, 9.17) is 0 Å². The number of anilines is 2. The van der Waals surface area contributed by atoms with Crippen LogP contribution in [0.5, 0.6) is 0 Å². The molecule has 0 fully saturated rings. The molecule has 0 heterocycles. The molecule has 4 rings (SSSR count). The fourth-order valence-electron chi connectivity index (χ4n) is 3.12. The van der Waals surface area contributed by atoms with E-state index in [2.05, 4.69) is 9.44 Å². The number of sulfonamides is 2. The summed E-state index contributed by atoms with van der Waals surface area (Å²) >= 11 is 0. The van der Waals surface area contributed by atoms with E-state index in [9.17, 15) is 25.6 Å². The highest BCUT2D eigenvalue weighted by atomic mass is 32.2. The van der Waals surface area contributed by atoms with Gasteiger partial charge in [0.15, 0.2) is 0 Å². The molecule has 0 unspecified atom stereocenters. The summed E-state index contributed by atoms with van der Waals surface area (Å²) in [6.45, 7) is 0. The van der Waals surface area contributed by atoms with E-state index in [-0.39, 0.29) is 9.79 Å². The van der Waals surface area contributed by atoms with E-state index in [1.807, 2.05) is 0 Å². The second kappa shape index (κ2) is 9.24. The highest BCUT2D eigenvalue weighted by Gasteiger charge is 2.15. The zero-order chi connectivity index (χ0) is 24.3. The van der Waals surface area contributed by atoms with Gasteiger partial charge in [-0.2, -0.15) is 0 Å². The fraction of sp³-hybridized carbons (Fsp3) is 0. The summed E-state index contributed by atoms with van der Waals surface area (Å²) in [4.78, 5) is -0.117. The predicted octanol–water partition coefficient (Wildman–Crippen LogP) is 5.23. The smallest absolute Gasteiger partial charge is 0.261 e. The third-order valence-electron chi connectivity index (χ3n) is 4.86. The zero-order valence-corrected chi connectivity index (χ0v) is 19.1. The lowest BCUT2D eigenvalue weighted by molar-refractivity contribution is 0.597. The average Bonchev–Trinajstić information content (AvgIpc) is 2.80. The molecule has 0 amide bonds. The van der Waals surface area contributed by atoms with Gasteiger partial charge in [0.2, 0.25) is 0 Å². The molecule has 10 heteroatoms. The van der Waals surface area contributed by atoms with Crippen LogP contribution in [-0.2, 0) is 20.0 Å². The standard InChI is InChI=1S/C24H18F2N2O4S2/c25-19-5-13-23(14-6-19)33(29,30)27-21-9-1-17(2-10-21)18-3-11-22(12-4-18)28-34(31,32)24-15-7-20(26)8-16-24/h1-16,27-28H. The van der Waals surface area contributed by atoms with Gasteiger partial charge in [0.25, 0.3) is 20.0 Å². The van der Waals surface area contributed by atoms with Crippen LogP contribution in [0.25, 0.3) is 11.1 Å². The number of hydrogen-bond donors (Lipinski definition) is 2. The van der Waals surface area contributed by atoms with Crippen molar-refractivity contribution >= 4 is 31.4 Å². The number of nitrogens with one attached hydrogen (secondary N) is 2. The second-order valence-electron chi connectivity index (χ2n) is 7.27. The summed E-state index contributed by atoms with van der Waals surface area (Å²) in [6, 6.07) is 22.2. The molecule has 0 aromatic heterocycles. The van der Waals surface area contributed by atoms with Crippen LogP contribution in [0.2, 0.25) is 0 Å². The summed E-state index contributed by atoms with van der Waals surface area (Å²) in [6.07, 6.45) is 0. The van der Waals surface area contributed by atoms with Gasteiger partial charge in [0.05, 0.1) is 9.79 Å². The lowest BCUT2D eigenvalue weighted by Gasteiger charge is -2.10. The summed E-state index contributed by atoms with van der Waals surface area (Å²) < 4.78 is 80.7. The summed E-state index contributed by atoms with van der Waals surface area (Å²) in [5.41, 5.74) is 2.21. The summed E-state index contributed by atoms with van der Waals surface area (Å²) in [5, 5.41) is 0. The van der Waals surface area contributed by atoms with Gasteiger partial charge in [0, 0.05) is 11.4 Å². The van der Waals surface area contributed by atoms with Gasteiger partial charge in [-0.05, 0) is 83.9 Å². The van der Waals surface area contributed by atoms with Gasteiger partial charge >= 0.3 is 0 Å². The maximum Gasteiger partial charge on any atom is 0.261 e. The molecule has 0 aliphatic heterocycles. The second-order valence-corrected chi connectivity index (χ2v) is 10.6. The van der Waals surface area contributed by atoms with Gasteiger partial charge in [-0.3, -0.25) is 9.44 Å². The Hall–Kier alpha value is -3.76. The van der Waals surface area contributed by atoms with E-state index < -0.39 is 31.7 Å². The molecule has 0 aliphatic rings. The fourth-order valence-corrected chi connectivity index (χ4v) is 5.23. The number of benzene rings is 4. The minimum atomic E-state index is -3.86. The van der Waals surface area contributed by atoms with Gasteiger partial charge in [-0.15, -0.1) is 0 Å². The van der Waals surface area contributed by atoms with Crippen LogP contribution >= 0.6 is 0 Å². The minimum Gasteiger partial charge on any atom is -0.280 e. The quantitative estimate of drug-likeness (QED) is 0.363. The lowest BCUT2D eigenvalue weighted by atomic mass is 10.1. The Labute approximate surface area is 196 Å². The van der Waals surface area contributed by atoms with E-state index in [0.29, 0.717) is 11.4 Å². The van der Waals surface area contributed by atoms with Gasteiger partial charge in [-0.1, -0.05) is 24.3 Å². The van der Waals surface area contributed by atoms with Crippen LogP contribution in [0.15, 0.2) is 107 Å². The minimum absolute atomic E-state index is 0.0587. The highest BCUT2D eigenvalue weighted by molar-refractivity contribution is 7.93. The first-order valence-corrected chi connectivity index (χ1v) is 12.9.